The standard InChI is InChI=1S/C55H36N2O/c1-2-14-36(15-3-1)42-19-6-7-20-43(42)39-17-12-18-41(32-39)56-49-24-10-8-22-45(49)47-33-37(28-30-51(47)56)38-29-31-52-48(34-38)46-23-9-11-25-50(46)57(52)53-26-13-27-54-55(53)44-21-5-4-16-40(44)35-58-54/h1-34H,35H2. The lowest BCUT2D eigenvalue weighted by molar-refractivity contribution is 0.302. The molecule has 58 heavy (non-hydrogen) atoms. The lowest BCUT2D eigenvalue weighted by atomic mass is 9.94. The Morgan fingerprint density at radius 2 is 0.897 bits per heavy atom. The molecule has 3 nitrogen and oxygen atoms in total. The van der Waals surface area contributed by atoms with Gasteiger partial charge >= 0.3 is 0 Å². The SMILES string of the molecule is c1ccc(-c2ccccc2-c2cccc(-n3c4ccccc4c4cc(-c5ccc6c(c5)c5ccccc5n6-c5cccc6c5-c5ccccc5CO6)ccc43)c2)cc1. The molecule has 0 fully saturated rings. The Kier molecular flexibility index (Phi) is 7.29. The molecule has 3 heteroatoms. The molecule has 0 atom stereocenters. The number of nitrogens with zero attached hydrogens (tertiary/aromatic N) is 2. The van der Waals surface area contributed by atoms with Crippen molar-refractivity contribution < 1.29 is 4.74 Å². The van der Waals surface area contributed by atoms with Gasteiger partial charge in [0.15, 0.2) is 0 Å². The van der Waals surface area contributed by atoms with Crippen LogP contribution in [0.3, 0.4) is 0 Å². The van der Waals surface area contributed by atoms with Crippen molar-refractivity contribution in [3.8, 4) is 61.6 Å². The first-order valence-electron chi connectivity index (χ1n) is 19.9. The highest BCUT2D eigenvalue weighted by atomic mass is 16.5. The number of hydrogen-bond donors (Lipinski definition) is 0. The van der Waals surface area contributed by atoms with Crippen molar-refractivity contribution in [3.63, 3.8) is 0 Å². The molecule has 1 aliphatic rings. The van der Waals surface area contributed by atoms with Crippen LogP contribution in [0, 0.1) is 0 Å². The van der Waals surface area contributed by atoms with Gasteiger partial charge in [0, 0.05) is 32.8 Å². The fraction of sp³-hybridized carbons (Fsp3) is 0.0182. The van der Waals surface area contributed by atoms with Crippen molar-refractivity contribution in [3.05, 3.63) is 212 Å². The minimum atomic E-state index is 0.585. The summed E-state index contributed by atoms with van der Waals surface area (Å²) >= 11 is 0. The largest absolute Gasteiger partial charge is 0.488 e. The van der Waals surface area contributed by atoms with E-state index in [9.17, 15) is 0 Å². The van der Waals surface area contributed by atoms with E-state index < -0.39 is 0 Å². The quantitative estimate of drug-likeness (QED) is 0.172. The number of para-hydroxylation sites is 2. The Morgan fingerprint density at radius 3 is 1.64 bits per heavy atom. The van der Waals surface area contributed by atoms with Gasteiger partial charge in [-0.25, -0.2) is 0 Å². The van der Waals surface area contributed by atoms with E-state index in [1.165, 1.54) is 88.1 Å². The normalized spacial score (nSPS) is 12.2. The van der Waals surface area contributed by atoms with Gasteiger partial charge in [-0.1, -0.05) is 146 Å². The zero-order valence-corrected chi connectivity index (χ0v) is 31.6. The van der Waals surface area contributed by atoms with Crippen LogP contribution >= 0.6 is 0 Å². The van der Waals surface area contributed by atoms with Crippen molar-refractivity contribution >= 4 is 43.6 Å². The molecule has 0 unspecified atom stereocenters. The maximum absolute atomic E-state index is 6.32. The Morgan fingerprint density at radius 1 is 0.345 bits per heavy atom. The van der Waals surface area contributed by atoms with E-state index in [2.05, 4.69) is 215 Å². The molecule has 9 aromatic carbocycles. The third-order valence-electron chi connectivity index (χ3n) is 12.0. The van der Waals surface area contributed by atoms with E-state index in [4.69, 9.17) is 4.74 Å². The number of rotatable bonds is 5. The van der Waals surface area contributed by atoms with Crippen LogP contribution in [0.5, 0.6) is 5.75 Å². The zero-order chi connectivity index (χ0) is 38.2. The summed E-state index contributed by atoms with van der Waals surface area (Å²) in [4.78, 5) is 0. The monoisotopic (exact) mass is 740 g/mol. The highest BCUT2D eigenvalue weighted by Crippen LogP contribution is 2.45. The van der Waals surface area contributed by atoms with Gasteiger partial charge in [-0.15, -0.1) is 0 Å². The average Bonchev–Trinajstić information content (AvgIpc) is 3.81. The van der Waals surface area contributed by atoms with E-state index in [1.54, 1.807) is 0 Å². The molecule has 0 spiro atoms. The van der Waals surface area contributed by atoms with Crippen molar-refractivity contribution in [1.82, 2.24) is 9.13 Å². The van der Waals surface area contributed by atoms with Gasteiger partial charge in [-0.3, -0.25) is 0 Å². The highest BCUT2D eigenvalue weighted by molar-refractivity contribution is 6.13. The zero-order valence-electron chi connectivity index (χ0n) is 31.6. The first-order valence-corrected chi connectivity index (χ1v) is 19.9. The number of benzene rings is 9. The molecule has 0 saturated heterocycles. The molecule has 3 heterocycles. The van der Waals surface area contributed by atoms with Gasteiger partial charge in [0.05, 0.1) is 27.8 Å². The summed E-state index contributed by atoms with van der Waals surface area (Å²) in [6.45, 7) is 0.585. The van der Waals surface area contributed by atoms with E-state index >= 15 is 0 Å². The summed E-state index contributed by atoms with van der Waals surface area (Å²) in [5, 5.41) is 4.93. The predicted molar refractivity (Wildman–Crippen MR) is 241 cm³/mol. The lowest BCUT2D eigenvalue weighted by Crippen LogP contribution is -2.08. The minimum absolute atomic E-state index is 0.585. The summed E-state index contributed by atoms with van der Waals surface area (Å²) in [7, 11) is 0. The predicted octanol–water partition coefficient (Wildman–Crippen LogP) is 14.4. The maximum Gasteiger partial charge on any atom is 0.129 e. The Labute approximate surface area is 336 Å². The van der Waals surface area contributed by atoms with E-state index in [1.807, 2.05) is 0 Å². The Hall–Kier alpha value is -7.62. The van der Waals surface area contributed by atoms with Crippen LogP contribution in [-0.2, 0) is 6.61 Å². The second-order valence-corrected chi connectivity index (χ2v) is 15.2. The van der Waals surface area contributed by atoms with Gasteiger partial charge in [0.25, 0.3) is 0 Å². The first-order chi connectivity index (χ1) is 28.8. The van der Waals surface area contributed by atoms with Gasteiger partial charge in [0.1, 0.15) is 12.4 Å². The fourth-order valence-electron chi connectivity index (χ4n) is 9.40. The summed E-state index contributed by atoms with van der Waals surface area (Å²) in [6.07, 6.45) is 0. The summed E-state index contributed by atoms with van der Waals surface area (Å²) in [5.74, 6) is 0.926. The average molecular weight is 741 g/mol. The van der Waals surface area contributed by atoms with Crippen molar-refractivity contribution in [2.45, 2.75) is 6.61 Å². The molecule has 12 rings (SSSR count). The third kappa shape index (κ3) is 5.00. The molecule has 2 aromatic heterocycles. The second kappa shape index (κ2) is 13.0. The smallest absolute Gasteiger partial charge is 0.129 e. The van der Waals surface area contributed by atoms with Gasteiger partial charge < -0.3 is 13.9 Å². The van der Waals surface area contributed by atoms with Crippen LogP contribution < -0.4 is 4.74 Å². The van der Waals surface area contributed by atoms with E-state index in [0.717, 1.165) is 22.7 Å². The Bertz CT molecular complexity index is 3400. The van der Waals surface area contributed by atoms with Crippen LogP contribution in [0.2, 0.25) is 0 Å². The topological polar surface area (TPSA) is 19.1 Å². The van der Waals surface area contributed by atoms with E-state index in [0.29, 0.717) is 6.61 Å². The fourth-order valence-corrected chi connectivity index (χ4v) is 9.40. The van der Waals surface area contributed by atoms with Crippen molar-refractivity contribution in [2.24, 2.45) is 0 Å². The number of fused-ring (bicyclic) bond motifs is 9. The highest BCUT2D eigenvalue weighted by Gasteiger charge is 2.24. The Balaban J connectivity index is 1.00. The molecular weight excluding hydrogens is 705 g/mol. The third-order valence-corrected chi connectivity index (χ3v) is 12.0. The molecule has 272 valence electrons. The molecule has 0 radical (unpaired) electrons. The van der Waals surface area contributed by atoms with E-state index in [-0.39, 0.29) is 0 Å². The molecular formula is C55H36N2O. The van der Waals surface area contributed by atoms with Crippen molar-refractivity contribution in [2.75, 3.05) is 0 Å². The summed E-state index contributed by atoms with van der Waals surface area (Å²) in [5.41, 5.74) is 17.8. The minimum Gasteiger partial charge on any atom is -0.488 e. The van der Waals surface area contributed by atoms with Crippen LogP contribution in [-0.4, -0.2) is 9.13 Å². The number of aromatic nitrogens is 2. The number of hydrogen-bond acceptors (Lipinski definition) is 1. The van der Waals surface area contributed by atoms with Gasteiger partial charge in [-0.05, 0) is 105 Å². The van der Waals surface area contributed by atoms with Crippen LogP contribution in [0.1, 0.15) is 5.56 Å². The molecule has 0 aliphatic carbocycles. The molecule has 1 aliphatic heterocycles. The summed E-state index contributed by atoms with van der Waals surface area (Å²) in [6, 6.07) is 74.9. The molecule has 11 aromatic rings. The lowest BCUT2D eigenvalue weighted by Gasteiger charge is -2.24. The maximum atomic E-state index is 6.32. The van der Waals surface area contributed by atoms with Crippen LogP contribution in [0.15, 0.2) is 206 Å². The second-order valence-electron chi connectivity index (χ2n) is 15.2. The summed E-state index contributed by atoms with van der Waals surface area (Å²) < 4.78 is 11.2. The van der Waals surface area contributed by atoms with Crippen LogP contribution in [0.25, 0.3) is 99.5 Å². The van der Waals surface area contributed by atoms with Gasteiger partial charge in [-0.2, -0.15) is 0 Å². The number of ether oxygens (including phenoxy) is 1. The van der Waals surface area contributed by atoms with Crippen LogP contribution in [0.4, 0.5) is 0 Å². The first kappa shape index (κ1) is 32.6. The molecule has 0 amide bonds. The molecule has 0 saturated carbocycles. The molecule has 0 N–H and O–H groups in total. The van der Waals surface area contributed by atoms with Crippen molar-refractivity contribution in [1.29, 1.82) is 0 Å². The molecule has 0 bridgehead atoms. The van der Waals surface area contributed by atoms with Gasteiger partial charge in [0.2, 0.25) is 0 Å².